The molecule has 0 unspecified atom stereocenters. The molecule has 4 nitrogen and oxygen atoms in total. The summed E-state index contributed by atoms with van der Waals surface area (Å²) in [6, 6.07) is 5.84. The van der Waals surface area contributed by atoms with Crippen LogP contribution in [0.1, 0.15) is 37.3 Å². The van der Waals surface area contributed by atoms with Crippen LogP contribution in [0, 0.1) is 5.82 Å². The van der Waals surface area contributed by atoms with Gasteiger partial charge in [-0.15, -0.1) is 0 Å². The molecule has 2 aliphatic rings. The van der Waals surface area contributed by atoms with Crippen LogP contribution in [-0.2, 0) is 9.53 Å². The molecule has 1 saturated heterocycles. The zero-order valence-electron chi connectivity index (χ0n) is 13.9. The molecule has 0 N–H and O–H groups in total. The molecule has 1 aromatic carbocycles. The van der Waals surface area contributed by atoms with Gasteiger partial charge in [-0.1, -0.05) is 25.0 Å². The van der Waals surface area contributed by atoms with E-state index in [0.29, 0.717) is 19.7 Å². The Morgan fingerprint density at radius 3 is 2.52 bits per heavy atom. The molecular formula is C18H25FN2O2. The van der Waals surface area contributed by atoms with Crippen LogP contribution in [0.5, 0.6) is 0 Å². The Morgan fingerprint density at radius 1 is 1.26 bits per heavy atom. The smallest absolute Gasteiger partial charge is 0.244 e. The van der Waals surface area contributed by atoms with Crippen molar-refractivity contribution < 1.29 is 13.9 Å². The highest BCUT2D eigenvalue weighted by atomic mass is 19.1. The molecule has 0 aromatic heterocycles. The predicted molar refractivity (Wildman–Crippen MR) is 86.6 cm³/mol. The van der Waals surface area contributed by atoms with Crippen LogP contribution < -0.4 is 0 Å². The molecule has 1 aliphatic heterocycles. The first-order valence-corrected chi connectivity index (χ1v) is 8.35. The third kappa shape index (κ3) is 3.40. The van der Waals surface area contributed by atoms with Gasteiger partial charge in [0.15, 0.2) is 0 Å². The van der Waals surface area contributed by atoms with Crippen molar-refractivity contribution in [2.75, 3.05) is 33.8 Å². The van der Waals surface area contributed by atoms with Crippen LogP contribution in [0.2, 0.25) is 0 Å². The van der Waals surface area contributed by atoms with Crippen LogP contribution >= 0.6 is 0 Å². The van der Waals surface area contributed by atoms with Gasteiger partial charge < -0.3 is 9.64 Å². The van der Waals surface area contributed by atoms with Crippen molar-refractivity contribution in [1.82, 2.24) is 9.80 Å². The second-order valence-corrected chi connectivity index (χ2v) is 6.92. The number of ether oxygens (including phenoxy) is 1. The van der Waals surface area contributed by atoms with Gasteiger partial charge in [0.05, 0.1) is 12.2 Å². The normalized spacial score (nSPS) is 21.8. The van der Waals surface area contributed by atoms with E-state index in [1.54, 1.807) is 12.1 Å². The monoisotopic (exact) mass is 320 g/mol. The van der Waals surface area contributed by atoms with Crippen LogP contribution in [-0.4, -0.2) is 55.1 Å². The topological polar surface area (TPSA) is 32.8 Å². The molecule has 1 atom stereocenters. The molecule has 1 spiro atoms. The summed E-state index contributed by atoms with van der Waals surface area (Å²) in [6.45, 7) is 1.92. The van der Waals surface area contributed by atoms with E-state index in [0.717, 1.165) is 18.4 Å². The lowest BCUT2D eigenvalue weighted by atomic mass is 9.98. The second kappa shape index (κ2) is 6.57. The second-order valence-electron chi connectivity index (χ2n) is 6.92. The molecule has 0 bridgehead atoms. The third-order valence-electron chi connectivity index (χ3n) is 5.01. The summed E-state index contributed by atoms with van der Waals surface area (Å²) < 4.78 is 19.2. The van der Waals surface area contributed by atoms with Crippen molar-refractivity contribution in [3.63, 3.8) is 0 Å². The van der Waals surface area contributed by atoms with Gasteiger partial charge in [0, 0.05) is 13.1 Å². The van der Waals surface area contributed by atoms with E-state index in [-0.39, 0.29) is 23.4 Å². The molecule has 3 rings (SSSR count). The quantitative estimate of drug-likeness (QED) is 0.858. The van der Waals surface area contributed by atoms with E-state index in [9.17, 15) is 9.18 Å². The minimum atomic E-state index is -0.382. The van der Waals surface area contributed by atoms with E-state index in [2.05, 4.69) is 0 Å². The van der Waals surface area contributed by atoms with E-state index < -0.39 is 0 Å². The summed E-state index contributed by atoms with van der Waals surface area (Å²) in [5, 5.41) is 0. The van der Waals surface area contributed by atoms with Gasteiger partial charge in [0.2, 0.25) is 5.91 Å². The maximum Gasteiger partial charge on any atom is 0.244 e. The standard InChI is InChI=1S/C18H25FN2O2/c1-20(2)16(14-5-7-15(19)8-6-14)17(22)21-11-12-23-18(13-21)9-3-4-10-18/h5-8,16H,3-4,9-13H2,1-2H3/t16-/m1/s1. The molecule has 1 amide bonds. The van der Waals surface area contributed by atoms with Gasteiger partial charge in [0.25, 0.3) is 0 Å². The lowest BCUT2D eigenvalue weighted by Crippen LogP contribution is -2.54. The lowest BCUT2D eigenvalue weighted by molar-refractivity contribution is -0.154. The van der Waals surface area contributed by atoms with E-state index in [1.807, 2.05) is 23.9 Å². The first-order chi connectivity index (χ1) is 11.0. The van der Waals surface area contributed by atoms with Crippen molar-refractivity contribution in [2.24, 2.45) is 0 Å². The van der Waals surface area contributed by atoms with Crippen LogP contribution in [0.4, 0.5) is 4.39 Å². The fourth-order valence-electron chi connectivity index (χ4n) is 3.83. The SMILES string of the molecule is CN(C)[C@@H](C(=O)N1CCOC2(CCCC2)C1)c1ccc(F)cc1. The Labute approximate surface area is 137 Å². The molecular weight excluding hydrogens is 295 g/mol. The fourth-order valence-corrected chi connectivity index (χ4v) is 3.83. The van der Waals surface area contributed by atoms with Crippen molar-refractivity contribution in [3.05, 3.63) is 35.6 Å². The van der Waals surface area contributed by atoms with Crippen molar-refractivity contribution in [3.8, 4) is 0 Å². The van der Waals surface area contributed by atoms with Gasteiger partial charge in [-0.05, 0) is 44.6 Å². The van der Waals surface area contributed by atoms with Gasteiger partial charge in [-0.25, -0.2) is 4.39 Å². The van der Waals surface area contributed by atoms with Gasteiger partial charge in [-0.3, -0.25) is 9.69 Å². The number of hydrogen-bond acceptors (Lipinski definition) is 3. The maximum atomic E-state index is 13.2. The van der Waals surface area contributed by atoms with Gasteiger partial charge >= 0.3 is 0 Å². The number of benzene rings is 1. The Bertz CT molecular complexity index is 553. The van der Waals surface area contributed by atoms with E-state index in [1.165, 1.54) is 25.0 Å². The number of carbonyl (C=O) groups excluding carboxylic acids is 1. The number of likely N-dealkylation sites (N-methyl/N-ethyl adjacent to an activating group) is 1. The Morgan fingerprint density at radius 2 is 1.91 bits per heavy atom. The minimum Gasteiger partial charge on any atom is -0.371 e. The predicted octanol–water partition coefficient (Wildman–Crippen LogP) is 2.60. The molecule has 0 radical (unpaired) electrons. The summed E-state index contributed by atoms with van der Waals surface area (Å²) in [6.07, 6.45) is 4.44. The van der Waals surface area contributed by atoms with E-state index in [4.69, 9.17) is 4.74 Å². The fraction of sp³-hybridized carbons (Fsp3) is 0.611. The molecule has 126 valence electrons. The highest BCUT2D eigenvalue weighted by molar-refractivity contribution is 5.83. The Hall–Kier alpha value is -1.46. The van der Waals surface area contributed by atoms with Gasteiger partial charge in [0.1, 0.15) is 11.9 Å². The molecule has 5 heteroatoms. The number of amides is 1. The highest BCUT2D eigenvalue weighted by Crippen LogP contribution is 2.36. The van der Waals surface area contributed by atoms with Crippen molar-refractivity contribution in [2.45, 2.75) is 37.3 Å². The molecule has 23 heavy (non-hydrogen) atoms. The van der Waals surface area contributed by atoms with Crippen LogP contribution in [0.3, 0.4) is 0 Å². The number of rotatable bonds is 3. The third-order valence-corrected chi connectivity index (χ3v) is 5.01. The van der Waals surface area contributed by atoms with Crippen LogP contribution in [0.25, 0.3) is 0 Å². The average Bonchev–Trinajstić information content (AvgIpc) is 2.97. The number of morpholine rings is 1. The maximum absolute atomic E-state index is 13.2. The average molecular weight is 320 g/mol. The first-order valence-electron chi connectivity index (χ1n) is 8.35. The largest absolute Gasteiger partial charge is 0.371 e. The Kier molecular flexibility index (Phi) is 4.69. The molecule has 2 fully saturated rings. The lowest BCUT2D eigenvalue weighted by Gasteiger charge is -2.42. The van der Waals surface area contributed by atoms with Crippen molar-refractivity contribution >= 4 is 5.91 Å². The number of hydrogen-bond donors (Lipinski definition) is 0. The first kappa shape index (κ1) is 16.4. The Balaban J connectivity index is 1.79. The van der Waals surface area contributed by atoms with Crippen molar-refractivity contribution in [1.29, 1.82) is 0 Å². The van der Waals surface area contributed by atoms with E-state index >= 15 is 0 Å². The molecule has 1 aromatic rings. The summed E-state index contributed by atoms with van der Waals surface area (Å²) in [4.78, 5) is 16.9. The molecule has 1 aliphatic carbocycles. The zero-order valence-corrected chi connectivity index (χ0v) is 13.9. The highest BCUT2D eigenvalue weighted by Gasteiger charge is 2.42. The zero-order chi connectivity index (χ0) is 16.4. The molecule has 1 saturated carbocycles. The minimum absolute atomic E-state index is 0.0798. The number of halogens is 1. The summed E-state index contributed by atoms with van der Waals surface area (Å²) >= 11 is 0. The molecule has 1 heterocycles. The number of carbonyl (C=O) groups is 1. The summed E-state index contributed by atoms with van der Waals surface area (Å²) in [5.41, 5.74) is 0.696. The van der Waals surface area contributed by atoms with Gasteiger partial charge in [-0.2, -0.15) is 0 Å². The summed E-state index contributed by atoms with van der Waals surface area (Å²) in [5.74, 6) is -0.203. The summed E-state index contributed by atoms with van der Waals surface area (Å²) in [7, 11) is 3.77. The van der Waals surface area contributed by atoms with Crippen LogP contribution in [0.15, 0.2) is 24.3 Å². The number of nitrogens with zero attached hydrogens (tertiary/aromatic N) is 2.